The van der Waals surface area contributed by atoms with Crippen LogP contribution in [-0.4, -0.2) is 36.5 Å². The van der Waals surface area contributed by atoms with Crippen LogP contribution in [0, 0.1) is 5.92 Å². The first-order chi connectivity index (χ1) is 7.31. The predicted octanol–water partition coefficient (Wildman–Crippen LogP) is 1.81. The minimum Gasteiger partial charge on any atom is -0.341 e. The van der Waals surface area contributed by atoms with Gasteiger partial charge in [0.2, 0.25) is 5.91 Å². The van der Waals surface area contributed by atoms with Crippen LogP contribution in [0.2, 0.25) is 0 Å². The number of nitrogens with one attached hydrogen (secondary N) is 1. The maximum Gasteiger partial charge on any atom is 0.239 e. The van der Waals surface area contributed by atoms with Crippen molar-refractivity contribution in [2.24, 2.45) is 5.92 Å². The second-order valence-corrected chi connectivity index (χ2v) is 4.85. The number of carbonyl (C=O) groups is 1. The molecule has 1 unspecified atom stereocenters. The largest absolute Gasteiger partial charge is 0.341 e. The van der Waals surface area contributed by atoms with Gasteiger partial charge >= 0.3 is 0 Å². The molecule has 2 aliphatic rings. The molecule has 3 nitrogen and oxygen atoms in total. The number of nitrogens with zero attached hydrogens (tertiary/aromatic N) is 1. The van der Waals surface area contributed by atoms with Crippen LogP contribution >= 0.6 is 12.4 Å². The summed E-state index contributed by atoms with van der Waals surface area (Å²) >= 11 is 0. The zero-order valence-electron chi connectivity index (χ0n) is 10.1. The number of amides is 1. The van der Waals surface area contributed by atoms with Gasteiger partial charge in [-0.1, -0.05) is 13.3 Å². The lowest BCUT2D eigenvalue weighted by molar-refractivity contribution is -0.134. The van der Waals surface area contributed by atoms with Crippen LogP contribution in [0.1, 0.15) is 39.0 Å². The lowest BCUT2D eigenvalue weighted by atomic mass is 9.95. The van der Waals surface area contributed by atoms with Crippen LogP contribution in [-0.2, 0) is 4.79 Å². The topological polar surface area (TPSA) is 32.3 Å². The zero-order valence-corrected chi connectivity index (χ0v) is 10.9. The lowest BCUT2D eigenvalue weighted by Crippen LogP contribution is -2.47. The quantitative estimate of drug-likeness (QED) is 0.806. The molecule has 0 bridgehead atoms. The van der Waals surface area contributed by atoms with E-state index in [1.165, 1.54) is 19.3 Å². The third-order valence-electron chi connectivity index (χ3n) is 3.77. The maximum atomic E-state index is 12.1. The SMILES string of the molecule is CCC1CCCN(C(=O)[C@@H]2CCCN2)C1.Cl. The first-order valence-electron chi connectivity index (χ1n) is 6.33. The third-order valence-corrected chi connectivity index (χ3v) is 3.77. The van der Waals surface area contributed by atoms with Gasteiger partial charge in [0.25, 0.3) is 0 Å². The number of hydrogen-bond donors (Lipinski definition) is 1. The van der Waals surface area contributed by atoms with E-state index < -0.39 is 0 Å². The highest BCUT2D eigenvalue weighted by molar-refractivity contribution is 5.85. The van der Waals surface area contributed by atoms with E-state index in [0.29, 0.717) is 5.91 Å². The molecule has 4 heteroatoms. The number of piperidine rings is 1. The molecule has 2 fully saturated rings. The number of likely N-dealkylation sites (tertiary alicyclic amines) is 1. The van der Waals surface area contributed by atoms with Crippen LogP contribution in [0.5, 0.6) is 0 Å². The fourth-order valence-electron chi connectivity index (χ4n) is 2.71. The molecule has 94 valence electrons. The summed E-state index contributed by atoms with van der Waals surface area (Å²) < 4.78 is 0. The van der Waals surface area contributed by atoms with Gasteiger partial charge in [0.15, 0.2) is 0 Å². The first-order valence-corrected chi connectivity index (χ1v) is 6.33. The van der Waals surface area contributed by atoms with Crippen molar-refractivity contribution in [1.29, 1.82) is 0 Å². The predicted molar refractivity (Wildman–Crippen MR) is 67.9 cm³/mol. The Labute approximate surface area is 104 Å². The monoisotopic (exact) mass is 246 g/mol. The third kappa shape index (κ3) is 3.11. The van der Waals surface area contributed by atoms with Gasteiger partial charge in [0, 0.05) is 13.1 Å². The van der Waals surface area contributed by atoms with E-state index in [1.54, 1.807) is 0 Å². The Morgan fingerprint density at radius 1 is 1.38 bits per heavy atom. The summed E-state index contributed by atoms with van der Waals surface area (Å²) in [4.78, 5) is 14.2. The Balaban J connectivity index is 0.00000128. The molecule has 2 atom stereocenters. The molecule has 16 heavy (non-hydrogen) atoms. The van der Waals surface area contributed by atoms with E-state index >= 15 is 0 Å². The van der Waals surface area contributed by atoms with E-state index in [0.717, 1.165) is 38.4 Å². The van der Waals surface area contributed by atoms with Crippen molar-refractivity contribution in [3.05, 3.63) is 0 Å². The Morgan fingerprint density at radius 3 is 2.81 bits per heavy atom. The highest BCUT2D eigenvalue weighted by Crippen LogP contribution is 2.20. The summed E-state index contributed by atoms with van der Waals surface area (Å²) in [6.07, 6.45) is 5.89. The van der Waals surface area contributed by atoms with Crippen molar-refractivity contribution >= 4 is 18.3 Å². The lowest BCUT2D eigenvalue weighted by Gasteiger charge is -2.33. The number of hydrogen-bond acceptors (Lipinski definition) is 2. The molecular weight excluding hydrogens is 224 g/mol. The van der Waals surface area contributed by atoms with Crippen molar-refractivity contribution in [3.63, 3.8) is 0 Å². The van der Waals surface area contributed by atoms with Gasteiger partial charge in [0.1, 0.15) is 0 Å². The molecule has 0 aromatic carbocycles. The van der Waals surface area contributed by atoms with Crippen LogP contribution < -0.4 is 5.32 Å². The Kier molecular flexibility index (Phi) is 5.56. The van der Waals surface area contributed by atoms with E-state index in [1.807, 2.05) is 0 Å². The normalized spacial score (nSPS) is 29.9. The Hall–Kier alpha value is -0.280. The van der Waals surface area contributed by atoms with Gasteiger partial charge in [-0.05, 0) is 38.1 Å². The molecular formula is C12H23ClN2O. The van der Waals surface area contributed by atoms with Gasteiger partial charge in [0.05, 0.1) is 6.04 Å². The molecule has 0 aromatic heterocycles. The van der Waals surface area contributed by atoms with Crippen molar-refractivity contribution in [3.8, 4) is 0 Å². The minimum absolute atomic E-state index is 0. The molecule has 0 aliphatic carbocycles. The highest BCUT2D eigenvalue weighted by Gasteiger charge is 2.29. The minimum atomic E-state index is 0. The van der Waals surface area contributed by atoms with Gasteiger partial charge in [-0.15, -0.1) is 12.4 Å². The fraction of sp³-hybridized carbons (Fsp3) is 0.917. The second-order valence-electron chi connectivity index (χ2n) is 4.85. The van der Waals surface area contributed by atoms with Crippen molar-refractivity contribution in [2.45, 2.75) is 45.1 Å². The first kappa shape index (κ1) is 13.8. The highest BCUT2D eigenvalue weighted by atomic mass is 35.5. The molecule has 0 saturated carbocycles. The van der Waals surface area contributed by atoms with Crippen LogP contribution in [0.4, 0.5) is 0 Å². The van der Waals surface area contributed by atoms with E-state index in [4.69, 9.17) is 0 Å². The molecule has 0 spiro atoms. The number of carbonyl (C=O) groups excluding carboxylic acids is 1. The van der Waals surface area contributed by atoms with Gasteiger partial charge < -0.3 is 10.2 Å². The average Bonchev–Trinajstić information content (AvgIpc) is 2.81. The summed E-state index contributed by atoms with van der Waals surface area (Å²) in [6.45, 7) is 5.22. The van der Waals surface area contributed by atoms with Crippen LogP contribution in [0.3, 0.4) is 0 Å². The summed E-state index contributed by atoms with van der Waals surface area (Å²) in [5.74, 6) is 1.09. The fourth-order valence-corrected chi connectivity index (χ4v) is 2.71. The average molecular weight is 247 g/mol. The van der Waals surface area contributed by atoms with Crippen molar-refractivity contribution < 1.29 is 4.79 Å². The van der Waals surface area contributed by atoms with Crippen molar-refractivity contribution in [1.82, 2.24) is 10.2 Å². The zero-order chi connectivity index (χ0) is 10.7. The molecule has 0 radical (unpaired) electrons. The molecule has 2 rings (SSSR count). The maximum absolute atomic E-state index is 12.1. The molecule has 2 saturated heterocycles. The number of halogens is 1. The van der Waals surface area contributed by atoms with Gasteiger partial charge in [-0.2, -0.15) is 0 Å². The van der Waals surface area contributed by atoms with E-state index in [9.17, 15) is 4.79 Å². The summed E-state index contributed by atoms with van der Waals surface area (Å²) in [6, 6.07) is 0.126. The smallest absolute Gasteiger partial charge is 0.239 e. The molecule has 0 aromatic rings. The summed E-state index contributed by atoms with van der Waals surface area (Å²) in [5, 5.41) is 3.30. The van der Waals surface area contributed by atoms with E-state index in [-0.39, 0.29) is 18.4 Å². The summed E-state index contributed by atoms with van der Waals surface area (Å²) in [5.41, 5.74) is 0. The standard InChI is InChI=1S/C12H22N2O.ClH/c1-2-10-5-4-8-14(9-10)12(15)11-6-3-7-13-11;/h10-11,13H,2-9H2,1H3;1H/t10?,11-;/m0./s1. The van der Waals surface area contributed by atoms with Gasteiger partial charge in [-0.3, -0.25) is 4.79 Å². The van der Waals surface area contributed by atoms with E-state index in [2.05, 4.69) is 17.1 Å². The van der Waals surface area contributed by atoms with Crippen molar-refractivity contribution in [2.75, 3.05) is 19.6 Å². The Morgan fingerprint density at radius 2 is 2.19 bits per heavy atom. The molecule has 1 N–H and O–H groups in total. The molecule has 2 heterocycles. The van der Waals surface area contributed by atoms with Crippen LogP contribution in [0.25, 0.3) is 0 Å². The number of rotatable bonds is 2. The summed E-state index contributed by atoms with van der Waals surface area (Å²) in [7, 11) is 0. The second kappa shape index (κ2) is 6.45. The van der Waals surface area contributed by atoms with Gasteiger partial charge in [-0.25, -0.2) is 0 Å². The van der Waals surface area contributed by atoms with Crippen LogP contribution in [0.15, 0.2) is 0 Å². The molecule has 2 aliphatic heterocycles. The Bertz CT molecular complexity index is 229. The molecule has 1 amide bonds.